The van der Waals surface area contributed by atoms with Crippen molar-refractivity contribution < 1.29 is 9.90 Å². The summed E-state index contributed by atoms with van der Waals surface area (Å²) >= 11 is 0. The Kier molecular flexibility index (Phi) is 4.62. The van der Waals surface area contributed by atoms with Crippen molar-refractivity contribution in [3.05, 3.63) is 18.3 Å². The Hall–Kier alpha value is -1.62. The lowest BCUT2D eigenvalue weighted by molar-refractivity contribution is -0.122. The van der Waals surface area contributed by atoms with E-state index in [2.05, 4.69) is 15.2 Å². The summed E-state index contributed by atoms with van der Waals surface area (Å²) in [5.41, 5.74) is -0.113. The number of aromatic nitrogens is 1. The van der Waals surface area contributed by atoms with Crippen LogP contribution in [-0.4, -0.2) is 34.7 Å². The van der Waals surface area contributed by atoms with Gasteiger partial charge >= 0.3 is 0 Å². The monoisotopic (exact) mass is 303 g/mol. The van der Waals surface area contributed by atoms with Crippen LogP contribution in [0.2, 0.25) is 0 Å². The number of amides is 1. The number of rotatable bonds is 4. The number of nitrogens with one attached hydrogen (secondary N) is 1. The molecule has 22 heavy (non-hydrogen) atoms. The Morgan fingerprint density at radius 2 is 1.91 bits per heavy atom. The second-order valence-electron chi connectivity index (χ2n) is 6.61. The minimum Gasteiger partial charge on any atom is -0.389 e. The molecule has 5 heteroatoms. The number of anilines is 2. The SMILES string of the molecule is O=C(CC1(O)CCCCC1)Nc1ccc(N2CCCC2)nc1. The fourth-order valence-corrected chi connectivity index (χ4v) is 3.48. The molecule has 1 saturated carbocycles. The topological polar surface area (TPSA) is 65.5 Å². The summed E-state index contributed by atoms with van der Waals surface area (Å²) in [5, 5.41) is 13.3. The van der Waals surface area contributed by atoms with Crippen molar-refractivity contribution in [3.63, 3.8) is 0 Å². The first kappa shape index (κ1) is 15.3. The highest BCUT2D eigenvalue weighted by atomic mass is 16.3. The second kappa shape index (κ2) is 6.65. The van der Waals surface area contributed by atoms with Crippen LogP contribution >= 0.6 is 0 Å². The van der Waals surface area contributed by atoms with E-state index in [1.807, 2.05) is 12.1 Å². The van der Waals surface area contributed by atoms with Crippen molar-refractivity contribution in [2.45, 2.75) is 57.0 Å². The summed E-state index contributed by atoms with van der Waals surface area (Å²) in [7, 11) is 0. The molecule has 0 spiro atoms. The minimum absolute atomic E-state index is 0.125. The molecule has 2 N–H and O–H groups in total. The maximum Gasteiger partial charge on any atom is 0.227 e. The first-order valence-electron chi connectivity index (χ1n) is 8.38. The predicted octanol–water partition coefficient (Wildman–Crippen LogP) is 2.71. The Bertz CT molecular complexity index is 503. The normalized spacial score (nSPS) is 20.9. The highest BCUT2D eigenvalue weighted by Gasteiger charge is 2.31. The lowest BCUT2D eigenvalue weighted by Gasteiger charge is -2.31. The van der Waals surface area contributed by atoms with E-state index >= 15 is 0 Å². The van der Waals surface area contributed by atoms with Gasteiger partial charge in [0.25, 0.3) is 0 Å². The first-order chi connectivity index (χ1) is 10.6. The number of carbonyl (C=O) groups is 1. The van der Waals surface area contributed by atoms with Gasteiger partial charge in [0.15, 0.2) is 0 Å². The van der Waals surface area contributed by atoms with Gasteiger partial charge in [-0.15, -0.1) is 0 Å². The van der Waals surface area contributed by atoms with E-state index in [4.69, 9.17) is 0 Å². The second-order valence-corrected chi connectivity index (χ2v) is 6.61. The molecule has 0 unspecified atom stereocenters. The van der Waals surface area contributed by atoms with Crippen molar-refractivity contribution >= 4 is 17.4 Å². The fourth-order valence-electron chi connectivity index (χ4n) is 3.48. The third-order valence-corrected chi connectivity index (χ3v) is 4.74. The van der Waals surface area contributed by atoms with E-state index in [0.29, 0.717) is 5.69 Å². The van der Waals surface area contributed by atoms with Crippen molar-refractivity contribution in [1.82, 2.24) is 4.98 Å². The standard InChI is InChI=1S/C17H25N3O2/c21-16(12-17(22)8-2-1-3-9-17)19-14-6-7-15(18-13-14)20-10-4-5-11-20/h6-7,13,22H,1-5,8-12H2,(H,19,21). The molecule has 3 rings (SSSR count). The van der Waals surface area contributed by atoms with Gasteiger partial charge in [-0.2, -0.15) is 0 Å². The van der Waals surface area contributed by atoms with E-state index in [1.54, 1.807) is 6.20 Å². The van der Waals surface area contributed by atoms with Crippen LogP contribution in [0.25, 0.3) is 0 Å². The van der Waals surface area contributed by atoms with Crippen molar-refractivity contribution in [2.24, 2.45) is 0 Å². The molecule has 1 amide bonds. The molecule has 1 aromatic rings. The highest BCUT2D eigenvalue weighted by Crippen LogP contribution is 2.31. The van der Waals surface area contributed by atoms with E-state index in [-0.39, 0.29) is 12.3 Å². The summed E-state index contributed by atoms with van der Waals surface area (Å²) in [5.74, 6) is 0.849. The molecule has 1 aliphatic heterocycles. The molecule has 1 aromatic heterocycles. The molecule has 0 aromatic carbocycles. The van der Waals surface area contributed by atoms with Crippen LogP contribution in [0.3, 0.4) is 0 Å². The molecule has 5 nitrogen and oxygen atoms in total. The molecule has 1 aliphatic carbocycles. The number of nitrogens with zero attached hydrogens (tertiary/aromatic N) is 2. The zero-order valence-electron chi connectivity index (χ0n) is 13.1. The molecule has 0 bridgehead atoms. The van der Waals surface area contributed by atoms with Crippen LogP contribution in [0, 0.1) is 0 Å². The Balaban J connectivity index is 1.54. The van der Waals surface area contributed by atoms with Gasteiger partial charge in [0.2, 0.25) is 5.91 Å². The number of hydrogen-bond donors (Lipinski definition) is 2. The first-order valence-corrected chi connectivity index (χ1v) is 8.38. The van der Waals surface area contributed by atoms with Gasteiger partial charge in [-0.1, -0.05) is 19.3 Å². The lowest BCUT2D eigenvalue weighted by Crippen LogP contribution is -2.35. The van der Waals surface area contributed by atoms with Crippen molar-refractivity contribution in [3.8, 4) is 0 Å². The van der Waals surface area contributed by atoms with Crippen LogP contribution in [0.1, 0.15) is 51.4 Å². The maximum absolute atomic E-state index is 12.1. The zero-order valence-corrected chi connectivity index (χ0v) is 13.1. The molecule has 0 radical (unpaired) electrons. The quantitative estimate of drug-likeness (QED) is 0.897. The highest BCUT2D eigenvalue weighted by molar-refractivity contribution is 5.91. The average Bonchev–Trinajstić information content (AvgIpc) is 3.02. The molecular formula is C17H25N3O2. The molecule has 2 heterocycles. The van der Waals surface area contributed by atoms with Gasteiger partial charge in [-0.3, -0.25) is 4.79 Å². The molecule has 1 saturated heterocycles. The van der Waals surface area contributed by atoms with E-state index in [1.165, 1.54) is 12.8 Å². The molecular weight excluding hydrogens is 278 g/mol. The van der Waals surface area contributed by atoms with Crippen LogP contribution in [0.15, 0.2) is 18.3 Å². The number of hydrogen-bond acceptors (Lipinski definition) is 4. The Morgan fingerprint density at radius 1 is 1.18 bits per heavy atom. The maximum atomic E-state index is 12.1. The zero-order chi connectivity index (χ0) is 15.4. The largest absolute Gasteiger partial charge is 0.389 e. The number of carbonyl (C=O) groups excluding carboxylic acids is 1. The Morgan fingerprint density at radius 3 is 2.55 bits per heavy atom. The Labute approximate surface area is 131 Å². The lowest BCUT2D eigenvalue weighted by atomic mass is 9.82. The van der Waals surface area contributed by atoms with E-state index in [9.17, 15) is 9.90 Å². The number of pyridine rings is 1. The molecule has 2 fully saturated rings. The van der Waals surface area contributed by atoms with Crippen LogP contribution in [0.5, 0.6) is 0 Å². The van der Waals surface area contributed by atoms with Crippen molar-refractivity contribution in [1.29, 1.82) is 0 Å². The molecule has 0 atom stereocenters. The van der Waals surface area contributed by atoms with E-state index < -0.39 is 5.60 Å². The van der Waals surface area contributed by atoms with Crippen LogP contribution in [0.4, 0.5) is 11.5 Å². The van der Waals surface area contributed by atoms with Crippen molar-refractivity contribution in [2.75, 3.05) is 23.3 Å². The van der Waals surface area contributed by atoms with Crippen LogP contribution < -0.4 is 10.2 Å². The van der Waals surface area contributed by atoms with Gasteiger partial charge < -0.3 is 15.3 Å². The van der Waals surface area contributed by atoms with Crippen LogP contribution in [-0.2, 0) is 4.79 Å². The van der Waals surface area contributed by atoms with Gasteiger partial charge in [-0.05, 0) is 37.8 Å². The summed E-state index contributed by atoms with van der Waals surface area (Å²) in [6, 6.07) is 3.85. The predicted molar refractivity (Wildman–Crippen MR) is 87.0 cm³/mol. The average molecular weight is 303 g/mol. The van der Waals surface area contributed by atoms with Gasteiger partial charge in [0.1, 0.15) is 5.82 Å². The summed E-state index contributed by atoms with van der Waals surface area (Å²) in [6.07, 6.45) is 8.96. The minimum atomic E-state index is -0.814. The van der Waals surface area contributed by atoms with Gasteiger partial charge in [0, 0.05) is 13.1 Å². The third kappa shape index (κ3) is 3.77. The fraction of sp³-hybridized carbons (Fsp3) is 0.647. The number of aliphatic hydroxyl groups is 1. The summed E-state index contributed by atoms with van der Waals surface area (Å²) in [4.78, 5) is 18.8. The molecule has 2 aliphatic rings. The summed E-state index contributed by atoms with van der Waals surface area (Å²) in [6.45, 7) is 2.12. The van der Waals surface area contributed by atoms with Gasteiger partial charge in [-0.25, -0.2) is 4.98 Å². The molecule has 120 valence electrons. The smallest absolute Gasteiger partial charge is 0.227 e. The summed E-state index contributed by atoms with van der Waals surface area (Å²) < 4.78 is 0. The van der Waals surface area contributed by atoms with E-state index in [0.717, 1.165) is 51.0 Å². The van der Waals surface area contributed by atoms with Gasteiger partial charge in [0.05, 0.1) is 23.9 Å². The third-order valence-electron chi connectivity index (χ3n) is 4.74.